The van der Waals surface area contributed by atoms with Crippen molar-refractivity contribution in [2.45, 2.75) is 26.3 Å². The Kier molecular flexibility index (Phi) is 4.92. The lowest BCUT2D eigenvalue weighted by Gasteiger charge is -2.37. The Hall–Kier alpha value is -1.41. The van der Waals surface area contributed by atoms with Crippen LogP contribution >= 0.6 is 0 Å². The fraction of sp³-hybridized carbons (Fsp3) is 0.471. The Morgan fingerprint density at radius 3 is 2.79 bits per heavy atom. The van der Waals surface area contributed by atoms with E-state index in [1.807, 2.05) is 6.08 Å². The number of carbonyl (C=O) groups is 1. The Bertz CT molecular complexity index is 426. The van der Waals surface area contributed by atoms with Gasteiger partial charge in [-0.15, -0.1) is 6.58 Å². The van der Waals surface area contributed by atoms with Crippen LogP contribution < -0.4 is 0 Å². The van der Waals surface area contributed by atoms with E-state index in [4.69, 9.17) is 0 Å². The van der Waals surface area contributed by atoms with E-state index in [1.165, 1.54) is 5.56 Å². The van der Waals surface area contributed by atoms with E-state index in [1.54, 1.807) is 6.92 Å². The molecule has 2 rings (SSSR count). The van der Waals surface area contributed by atoms with Crippen molar-refractivity contribution in [2.24, 2.45) is 11.8 Å². The van der Waals surface area contributed by atoms with E-state index < -0.39 is 0 Å². The molecule has 1 heterocycles. The zero-order valence-corrected chi connectivity index (χ0v) is 11.7. The Morgan fingerprint density at radius 1 is 1.42 bits per heavy atom. The number of hydrogen-bond donors (Lipinski definition) is 0. The van der Waals surface area contributed by atoms with Gasteiger partial charge in [-0.3, -0.25) is 4.90 Å². The number of carbonyl (C=O) groups excluding carboxylic acids is 1. The van der Waals surface area contributed by atoms with Gasteiger partial charge in [0.05, 0.1) is 0 Å². The molecule has 1 aromatic rings. The third kappa shape index (κ3) is 4.03. The zero-order valence-electron chi connectivity index (χ0n) is 11.7. The van der Waals surface area contributed by atoms with Crippen LogP contribution in [0.1, 0.15) is 25.3 Å². The van der Waals surface area contributed by atoms with Crippen molar-refractivity contribution >= 4 is 5.78 Å². The lowest BCUT2D eigenvalue weighted by atomic mass is 9.82. The van der Waals surface area contributed by atoms with Gasteiger partial charge in [-0.05, 0) is 37.3 Å². The van der Waals surface area contributed by atoms with Crippen molar-refractivity contribution in [2.75, 3.05) is 13.1 Å². The van der Waals surface area contributed by atoms with Crippen molar-refractivity contribution in [1.82, 2.24) is 4.90 Å². The molecule has 0 spiro atoms. The Balaban J connectivity index is 1.93. The minimum Gasteiger partial charge on any atom is -0.300 e. The van der Waals surface area contributed by atoms with Gasteiger partial charge in [0.25, 0.3) is 0 Å². The summed E-state index contributed by atoms with van der Waals surface area (Å²) in [5.74, 6) is 1.23. The second kappa shape index (κ2) is 6.67. The highest BCUT2D eigenvalue weighted by Crippen LogP contribution is 2.28. The molecule has 19 heavy (non-hydrogen) atoms. The van der Waals surface area contributed by atoms with Gasteiger partial charge in [-0.25, -0.2) is 0 Å². The highest BCUT2D eigenvalue weighted by molar-refractivity contribution is 5.75. The summed E-state index contributed by atoms with van der Waals surface area (Å²) in [4.78, 5) is 13.8. The maximum absolute atomic E-state index is 11.3. The second-order valence-corrected chi connectivity index (χ2v) is 5.58. The van der Waals surface area contributed by atoms with Crippen LogP contribution in [0, 0.1) is 11.8 Å². The number of rotatable bonds is 5. The highest BCUT2D eigenvalue weighted by atomic mass is 16.1. The van der Waals surface area contributed by atoms with Gasteiger partial charge in [0.1, 0.15) is 5.78 Å². The molecule has 0 aromatic heterocycles. The first kappa shape index (κ1) is 14.0. The van der Waals surface area contributed by atoms with Gasteiger partial charge >= 0.3 is 0 Å². The maximum atomic E-state index is 11.3. The molecule has 0 saturated carbocycles. The van der Waals surface area contributed by atoms with Crippen LogP contribution in [0.4, 0.5) is 0 Å². The van der Waals surface area contributed by atoms with E-state index in [0.29, 0.717) is 24.0 Å². The zero-order chi connectivity index (χ0) is 13.7. The molecule has 1 aromatic carbocycles. The number of benzene rings is 1. The van der Waals surface area contributed by atoms with Crippen LogP contribution in [0.3, 0.4) is 0 Å². The average molecular weight is 257 g/mol. The summed E-state index contributed by atoms with van der Waals surface area (Å²) in [5, 5.41) is 0. The number of Topliss-reactive ketones (excluding diaryl/α,β-unsaturated/α-hetero) is 1. The normalized spacial score (nSPS) is 24.1. The topological polar surface area (TPSA) is 20.3 Å². The molecule has 0 N–H and O–H groups in total. The average Bonchev–Trinajstić information content (AvgIpc) is 2.41. The molecule has 0 amide bonds. The summed E-state index contributed by atoms with van der Waals surface area (Å²) in [6.45, 7) is 8.74. The summed E-state index contributed by atoms with van der Waals surface area (Å²) in [5.41, 5.74) is 1.36. The third-order valence-electron chi connectivity index (χ3n) is 3.99. The van der Waals surface area contributed by atoms with E-state index in [-0.39, 0.29) is 0 Å². The molecule has 0 radical (unpaired) electrons. The molecule has 1 fully saturated rings. The first-order valence-electron chi connectivity index (χ1n) is 7.07. The van der Waals surface area contributed by atoms with Crippen molar-refractivity contribution in [1.29, 1.82) is 0 Å². The van der Waals surface area contributed by atoms with E-state index in [0.717, 1.165) is 26.1 Å². The van der Waals surface area contributed by atoms with Crippen LogP contribution in [0.5, 0.6) is 0 Å². The van der Waals surface area contributed by atoms with E-state index >= 15 is 0 Å². The summed E-state index contributed by atoms with van der Waals surface area (Å²) in [6, 6.07) is 10.6. The molecular weight excluding hydrogens is 234 g/mol. The van der Waals surface area contributed by atoms with Gasteiger partial charge in [0, 0.05) is 19.5 Å². The van der Waals surface area contributed by atoms with Crippen molar-refractivity contribution in [3.8, 4) is 0 Å². The van der Waals surface area contributed by atoms with Gasteiger partial charge in [0.2, 0.25) is 0 Å². The smallest absolute Gasteiger partial charge is 0.130 e. The summed E-state index contributed by atoms with van der Waals surface area (Å²) >= 11 is 0. The first-order valence-corrected chi connectivity index (χ1v) is 7.07. The minimum atomic E-state index is 0.299. The lowest BCUT2D eigenvalue weighted by molar-refractivity contribution is -0.118. The standard InChI is InChI=1S/C17H23NO/c1-3-16-13-18(10-9-17(16)11-14(2)19)12-15-7-5-4-6-8-15/h3-8,16-17H,1,9-13H2,2H3/t16-,17+/m0/s1. The van der Waals surface area contributed by atoms with Crippen LogP contribution in [-0.4, -0.2) is 23.8 Å². The molecule has 2 atom stereocenters. The van der Waals surface area contributed by atoms with Gasteiger partial charge < -0.3 is 4.79 Å². The molecule has 1 aliphatic heterocycles. The fourth-order valence-corrected chi connectivity index (χ4v) is 2.98. The predicted molar refractivity (Wildman–Crippen MR) is 78.8 cm³/mol. The number of piperidine rings is 1. The molecular formula is C17H23NO. The number of likely N-dealkylation sites (tertiary alicyclic amines) is 1. The molecule has 1 saturated heterocycles. The monoisotopic (exact) mass is 257 g/mol. The quantitative estimate of drug-likeness (QED) is 0.754. The van der Waals surface area contributed by atoms with E-state index in [2.05, 4.69) is 41.8 Å². The van der Waals surface area contributed by atoms with Crippen molar-refractivity contribution in [3.63, 3.8) is 0 Å². The number of nitrogens with zero attached hydrogens (tertiary/aromatic N) is 1. The second-order valence-electron chi connectivity index (χ2n) is 5.58. The molecule has 2 nitrogen and oxygen atoms in total. The summed E-state index contributed by atoms with van der Waals surface area (Å²) < 4.78 is 0. The first-order chi connectivity index (χ1) is 9.19. The SMILES string of the molecule is C=C[C@H]1CN(Cc2ccccc2)CC[C@@H]1CC(C)=O. The molecule has 0 unspecified atom stereocenters. The summed E-state index contributed by atoms with van der Waals surface area (Å²) in [7, 11) is 0. The van der Waals surface area contributed by atoms with Crippen LogP contribution in [0.15, 0.2) is 43.0 Å². The summed E-state index contributed by atoms with van der Waals surface area (Å²) in [6.07, 6.45) is 3.84. The Morgan fingerprint density at radius 2 is 2.16 bits per heavy atom. The number of ketones is 1. The van der Waals surface area contributed by atoms with Crippen LogP contribution in [0.2, 0.25) is 0 Å². The van der Waals surface area contributed by atoms with Gasteiger partial charge in [0.15, 0.2) is 0 Å². The maximum Gasteiger partial charge on any atom is 0.130 e. The fourth-order valence-electron chi connectivity index (χ4n) is 2.98. The largest absolute Gasteiger partial charge is 0.300 e. The Labute approximate surface area is 116 Å². The predicted octanol–water partition coefficient (Wildman–Crippen LogP) is 3.29. The molecule has 0 bridgehead atoms. The minimum absolute atomic E-state index is 0.299. The van der Waals surface area contributed by atoms with Gasteiger partial charge in [-0.1, -0.05) is 36.4 Å². The molecule has 2 heteroatoms. The molecule has 1 aliphatic rings. The van der Waals surface area contributed by atoms with Crippen molar-refractivity contribution < 1.29 is 4.79 Å². The highest BCUT2D eigenvalue weighted by Gasteiger charge is 2.27. The molecule has 102 valence electrons. The van der Waals surface area contributed by atoms with Gasteiger partial charge in [-0.2, -0.15) is 0 Å². The number of hydrogen-bond acceptors (Lipinski definition) is 2. The van der Waals surface area contributed by atoms with E-state index in [9.17, 15) is 4.79 Å². The molecule has 0 aliphatic carbocycles. The van der Waals surface area contributed by atoms with Crippen LogP contribution in [-0.2, 0) is 11.3 Å². The van der Waals surface area contributed by atoms with Crippen LogP contribution in [0.25, 0.3) is 0 Å². The lowest BCUT2D eigenvalue weighted by Crippen LogP contribution is -2.39. The third-order valence-corrected chi connectivity index (χ3v) is 3.99. The van der Waals surface area contributed by atoms with Crippen molar-refractivity contribution in [3.05, 3.63) is 48.6 Å².